The second-order valence-corrected chi connectivity index (χ2v) is 4.80. The van der Waals surface area contributed by atoms with Crippen LogP contribution in [0, 0.1) is 6.92 Å². The van der Waals surface area contributed by atoms with Crippen molar-refractivity contribution in [1.82, 2.24) is 35.4 Å². The first-order chi connectivity index (χ1) is 9.15. The van der Waals surface area contributed by atoms with Crippen molar-refractivity contribution in [3.63, 3.8) is 0 Å². The van der Waals surface area contributed by atoms with Gasteiger partial charge in [0.05, 0.1) is 17.4 Å². The molecule has 0 aromatic carbocycles. The molecule has 0 aliphatic heterocycles. The van der Waals surface area contributed by atoms with Gasteiger partial charge in [0.2, 0.25) is 0 Å². The highest BCUT2D eigenvalue weighted by Gasteiger charge is 2.15. The van der Waals surface area contributed by atoms with Crippen molar-refractivity contribution in [3.05, 3.63) is 29.5 Å². The Labute approximate surface area is 110 Å². The minimum Gasteiger partial charge on any atom is -0.268 e. The topological polar surface area (TPSA) is 85.2 Å². The van der Waals surface area contributed by atoms with Crippen LogP contribution in [-0.4, -0.2) is 35.4 Å². The minimum absolute atomic E-state index is 0.188. The zero-order valence-corrected chi connectivity index (χ0v) is 11.1. The Morgan fingerprint density at radius 1 is 1.42 bits per heavy atom. The predicted molar refractivity (Wildman–Crippen MR) is 69.5 cm³/mol. The number of pyridine rings is 1. The lowest BCUT2D eigenvalue weighted by Gasteiger charge is -2.09. The van der Waals surface area contributed by atoms with E-state index < -0.39 is 0 Å². The van der Waals surface area contributed by atoms with Gasteiger partial charge in [-0.25, -0.2) is 5.10 Å². The smallest absolute Gasteiger partial charge is 0.151 e. The summed E-state index contributed by atoms with van der Waals surface area (Å²) in [4.78, 5) is 4.63. The first-order valence-electron chi connectivity index (χ1n) is 6.17. The number of hydrogen-bond acceptors (Lipinski definition) is 5. The van der Waals surface area contributed by atoms with Crippen LogP contribution in [0.2, 0.25) is 0 Å². The molecule has 0 fully saturated rings. The molecular formula is C12H15N7. The zero-order chi connectivity index (χ0) is 13.4. The molecule has 1 N–H and O–H groups in total. The summed E-state index contributed by atoms with van der Waals surface area (Å²) in [6, 6.07) is 2.05. The number of hydrogen-bond donors (Lipinski definition) is 1. The van der Waals surface area contributed by atoms with Crippen LogP contribution in [0.5, 0.6) is 0 Å². The van der Waals surface area contributed by atoms with Crippen LogP contribution >= 0.6 is 0 Å². The third kappa shape index (κ3) is 2.07. The molecule has 0 saturated heterocycles. The Morgan fingerprint density at radius 3 is 3.00 bits per heavy atom. The second-order valence-electron chi connectivity index (χ2n) is 4.80. The molecule has 3 aromatic rings. The van der Waals surface area contributed by atoms with Crippen LogP contribution in [0.4, 0.5) is 0 Å². The van der Waals surface area contributed by atoms with Crippen molar-refractivity contribution in [2.24, 2.45) is 7.05 Å². The maximum Gasteiger partial charge on any atom is 0.151 e. The van der Waals surface area contributed by atoms with Gasteiger partial charge in [0.1, 0.15) is 0 Å². The van der Waals surface area contributed by atoms with Gasteiger partial charge in [-0.15, -0.1) is 5.10 Å². The van der Waals surface area contributed by atoms with E-state index in [0.717, 1.165) is 34.5 Å². The van der Waals surface area contributed by atoms with E-state index in [2.05, 4.69) is 37.6 Å². The van der Waals surface area contributed by atoms with E-state index in [9.17, 15) is 0 Å². The molecule has 3 rings (SSSR count). The fourth-order valence-corrected chi connectivity index (χ4v) is 2.26. The van der Waals surface area contributed by atoms with E-state index in [1.807, 2.05) is 30.9 Å². The van der Waals surface area contributed by atoms with Crippen LogP contribution in [-0.2, 0) is 13.5 Å². The number of H-pyrrole nitrogens is 1. The van der Waals surface area contributed by atoms with Gasteiger partial charge in [-0.3, -0.25) is 9.67 Å². The number of aromatic nitrogens is 7. The quantitative estimate of drug-likeness (QED) is 0.760. The number of nitrogens with one attached hydrogen (secondary N) is 1. The molecular weight excluding hydrogens is 242 g/mol. The molecule has 0 spiro atoms. The molecule has 7 heteroatoms. The van der Waals surface area contributed by atoms with Gasteiger partial charge in [-0.2, -0.15) is 5.10 Å². The summed E-state index contributed by atoms with van der Waals surface area (Å²) in [5.74, 6) is 0.966. The average molecular weight is 257 g/mol. The molecule has 3 aromatic heterocycles. The van der Waals surface area contributed by atoms with Crippen LogP contribution in [0.25, 0.3) is 10.9 Å². The molecule has 0 aliphatic carbocycles. The second kappa shape index (κ2) is 4.42. The fraction of sp³-hybridized carbons (Fsp3) is 0.417. The number of aryl methyl sites for hydroxylation is 2. The standard InChI is InChI=1S/C12H15N7/c1-7(12-15-17-18-16-12)4-10-9-6-13-19(3)11(9)5-8(2)14-10/h5-7H,4H2,1-3H3,(H,15,16,17,18)/t7-/m1/s1. The van der Waals surface area contributed by atoms with Crippen molar-refractivity contribution in [3.8, 4) is 0 Å². The van der Waals surface area contributed by atoms with Crippen molar-refractivity contribution < 1.29 is 0 Å². The monoisotopic (exact) mass is 257 g/mol. The Morgan fingerprint density at radius 2 is 2.26 bits per heavy atom. The van der Waals surface area contributed by atoms with Gasteiger partial charge in [0, 0.05) is 30.5 Å². The summed E-state index contributed by atoms with van der Waals surface area (Å²) in [5.41, 5.74) is 3.13. The molecule has 1 atom stereocenters. The summed E-state index contributed by atoms with van der Waals surface area (Å²) < 4.78 is 1.87. The van der Waals surface area contributed by atoms with E-state index >= 15 is 0 Å². The molecule has 0 bridgehead atoms. The Bertz CT molecular complexity index is 698. The highest BCUT2D eigenvalue weighted by atomic mass is 15.5. The number of aromatic amines is 1. The summed E-state index contributed by atoms with van der Waals surface area (Å²) in [6.07, 6.45) is 2.64. The molecule has 0 radical (unpaired) electrons. The average Bonchev–Trinajstić information content (AvgIpc) is 3.00. The Balaban J connectivity index is 2.00. The van der Waals surface area contributed by atoms with Crippen molar-refractivity contribution >= 4 is 10.9 Å². The van der Waals surface area contributed by atoms with Gasteiger partial charge in [0.15, 0.2) is 5.82 Å². The lowest BCUT2D eigenvalue weighted by Crippen LogP contribution is -2.04. The van der Waals surface area contributed by atoms with E-state index in [1.165, 1.54) is 0 Å². The predicted octanol–water partition coefficient (Wildman–Crippen LogP) is 1.14. The molecule has 0 aliphatic rings. The third-order valence-electron chi connectivity index (χ3n) is 3.28. The summed E-state index contributed by atoms with van der Waals surface area (Å²) in [6.45, 7) is 4.07. The Hall–Kier alpha value is -2.31. The van der Waals surface area contributed by atoms with Crippen molar-refractivity contribution in [2.75, 3.05) is 0 Å². The van der Waals surface area contributed by atoms with Gasteiger partial charge in [-0.1, -0.05) is 6.92 Å². The van der Waals surface area contributed by atoms with Gasteiger partial charge in [0.25, 0.3) is 0 Å². The maximum atomic E-state index is 4.63. The number of fused-ring (bicyclic) bond motifs is 1. The van der Waals surface area contributed by atoms with Gasteiger partial charge < -0.3 is 0 Å². The summed E-state index contributed by atoms with van der Waals surface area (Å²) in [5, 5.41) is 19.4. The van der Waals surface area contributed by atoms with E-state index in [-0.39, 0.29) is 5.92 Å². The fourth-order valence-electron chi connectivity index (χ4n) is 2.26. The number of rotatable bonds is 3. The molecule has 0 unspecified atom stereocenters. The van der Waals surface area contributed by atoms with Crippen LogP contribution in [0.15, 0.2) is 12.3 Å². The molecule has 19 heavy (non-hydrogen) atoms. The zero-order valence-electron chi connectivity index (χ0n) is 11.1. The van der Waals surface area contributed by atoms with Crippen LogP contribution < -0.4 is 0 Å². The highest BCUT2D eigenvalue weighted by Crippen LogP contribution is 2.23. The van der Waals surface area contributed by atoms with Crippen LogP contribution in [0.1, 0.15) is 30.1 Å². The minimum atomic E-state index is 0.188. The third-order valence-corrected chi connectivity index (χ3v) is 3.28. The molecule has 0 saturated carbocycles. The lowest BCUT2D eigenvalue weighted by molar-refractivity contribution is 0.690. The molecule has 3 heterocycles. The Kier molecular flexibility index (Phi) is 2.73. The van der Waals surface area contributed by atoms with E-state index in [1.54, 1.807) is 0 Å². The molecule has 0 amide bonds. The van der Waals surface area contributed by atoms with Gasteiger partial charge >= 0.3 is 0 Å². The van der Waals surface area contributed by atoms with Crippen molar-refractivity contribution in [2.45, 2.75) is 26.2 Å². The SMILES string of the molecule is Cc1cc2c(cnn2C)c(C[C@@H](C)c2nnn[nH]2)n1. The van der Waals surface area contributed by atoms with Crippen molar-refractivity contribution in [1.29, 1.82) is 0 Å². The largest absolute Gasteiger partial charge is 0.268 e. The normalized spacial score (nSPS) is 13.0. The van der Waals surface area contributed by atoms with E-state index in [0.29, 0.717) is 0 Å². The summed E-state index contributed by atoms with van der Waals surface area (Å²) >= 11 is 0. The highest BCUT2D eigenvalue weighted by molar-refractivity contribution is 5.81. The molecule has 98 valence electrons. The summed E-state index contributed by atoms with van der Waals surface area (Å²) in [7, 11) is 1.94. The first kappa shape index (κ1) is 11.8. The van der Waals surface area contributed by atoms with E-state index in [4.69, 9.17) is 0 Å². The first-order valence-corrected chi connectivity index (χ1v) is 6.17. The van der Waals surface area contributed by atoms with Crippen LogP contribution in [0.3, 0.4) is 0 Å². The number of nitrogens with zero attached hydrogens (tertiary/aromatic N) is 6. The number of tetrazole rings is 1. The lowest BCUT2D eigenvalue weighted by atomic mass is 10.0. The molecule has 7 nitrogen and oxygen atoms in total. The maximum absolute atomic E-state index is 4.63. The van der Waals surface area contributed by atoms with Gasteiger partial charge in [-0.05, 0) is 23.4 Å².